The smallest absolute Gasteiger partial charge is 0.228 e. The third-order valence-corrected chi connectivity index (χ3v) is 5.63. The van der Waals surface area contributed by atoms with Crippen molar-refractivity contribution in [2.45, 2.75) is 32.4 Å². The number of hydrogen-bond donors (Lipinski definition) is 0. The summed E-state index contributed by atoms with van der Waals surface area (Å²) in [4.78, 5) is 4.29. The van der Waals surface area contributed by atoms with E-state index < -0.39 is 8.07 Å². The fourth-order valence-corrected chi connectivity index (χ4v) is 3.26. The van der Waals surface area contributed by atoms with Crippen molar-refractivity contribution >= 4 is 34.9 Å². The number of nitrogens with zero attached hydrogens (tertiary/aromatic N) is 2. The van der Waals surface area contributed by atoms with E-state index in [1.165, 1.54) is 6.04 Å². The molecule has 0 radical (unpaired) electrons. The van der Waals surface area contributed by atoms with E-state index in [0.717, 1.165) is 22.0 Å². The van der Waals surface area contributed by atoms with Crippen molar-refractivity contribution in [1.29, 1.82) is 0 Å². The van der Waals surface area contributed by atoms with Gasteiger partial charge < -0.3 is 14.0 Å². The summed E-state index contributed by atoms with van der Waals surface area (Å²) >= 11 is 3.53. The first-order chi connectivity index (χ1) is 9.42. The summed E-state index contributed by atoms with van der Waals surface area (Å²) in [6.07, 6.45) is 3.84. The Balaban J connectivity index is 2.07. The van der Waals surface area contributed by atoms with Crippen molar-refractivity contribution in [3.8, 4) is 5.88 Å². The van der Waals surface area contributed by atoms with Gasteiger partial charge in [0.25, 0.3) is 0 Å². The Hall–Kier alpha value is -0.853. The number of rotatable bonds is 6. The van der Waals surface area contributed by atoms with Crippen LogP contribution in [0.5, 0.6) is 5.88 Å². The van der Waals surface area contributed by atoms with Crippen molar-refractivity contribution in [2.75, 3.05) is 13.7 Å². The fraction of sp³-hybridized carbons (Fsp3) is 0.500. The molecule has 2 heterocycles. The van der Waals surface area contributed by atoms with E-state index in [1.807, 2.05) is 18.5 Å². The minimum Gasteiger partial charge on any atom is -0.480 e. The minimum absolute atomic E-state index is 0.564. The molecule has 0 amide bonds. The van der Waals surface area contributed by atoms with Crippen LogP contribution in [-0.4, -0.2) is 31.3 Å². The van der Waals surface area contributed by atoms with Gasteiger partial charge in [-0.15, -0.1) is 0 Å². The summed E-state index contributed by atoms with van der Waals surface area (Å²) < 4.78 is 13.9. The molecule has 6 heteroatoms. The first kappa shape index (κ1) is 15.5. The van der Waals surface area contributed by atoms with Gasteiger partial charge in [-0.3, -0.25) is 0 Å². The molecule has 110 valence electrons. The van der Waals surface area contributed by atoms with Crippen LogP contribution in [0.1, 0.15) is 0 Å². The lowest BCUT2D eigenvalue weighted by molar-refractivity contribution is 0.0902. The Morgan fingerprint density at radius 1 is 1.35 bits per heavy atom. The standard InChI is InChI=1S/C14H21BrN2O2Si/c1-18-14-13(15)11-5-6-17(12(11)9-16-14)10-19-7-8-20(2,3)4/h5-6,9H,7-8,10H2,1-4H3. The van der Waals surface area contributed by atoms with E-state index in [-0.39, 0.29) is 0 Å². The number of halogens is 1. The molecule has 0 spiro atoms. The summed E-state index contributed by atoms with van der Waals surface area (Å²) in [5.74, 6) is 0.606. The van der Waals surface area contributed by atoms with Gasteiger partial charge in [0.2, 0.25) is 5.88 Å². The van der Waals surface area contributed by atoms with E-state index in [9.17, 15) is 0 Å². The fourth-order valence-electron chi connectivity index (χ4n) is 1.90. The summed E-state index contributed by atoms with van der Waals surface area (Å²) in [6, 6.07) is 3.23. The average Bonchev–Trinajstić information content (AvgIpc) is 2.78. The molecule has 2 aromatic heterocycles. The second-order valence-electron chi connectivity index (χ2n) is 6.01. The second kappa shape index (κ2) is 6.28. The highest BCUT2D eigenvalue weighted by atomic mass is 79.9. The highest BCUT2D eigenvalue weighted by Crippen LogP contribution is 2.31. The van der Waals surface area contributed by atoms with Crippen LogP contribution in [0.3, 0.4) is 0 Å². The summed E-state index contributed by atoms with van der Waals surface area (Å²) in [6.45, 7) is 8.45. The molecule has 0 atom stereocenters. The molecule has 0 aliphatic rings. The summed E-state index contributed by atoms with van der Waals surface area (Å²) in [5, 5.41) is 1.09. The number of ether oxygens (including phenoxy) is 2. The average molecular weight is 357 g/mol. The van der Waals surface area contributed by atoms with Gasteiger partial charge >= 0.3 is 0 Å². The Morgan fingerprint density at radius 2 is 2.10 bits per heavy atom. The van der Waals surface area contributed by atoms with Crippen molar-refractivity contribution < 1.29 is 9.47 Å². The van der Waals surface area contributed by atoms with Crippen LogP contribution in [0.15, 0.2) is 22.9 Å². The van der Waals surface area contributed by atoms with Gasteiger partial charge in [0.05, 0.1) is 23.3 Å². The van der Waals surface area contributed by atoms with E-state index in [1.54, 1.807) is 7.11 Å². The Kier molecular flexibility index (Phi) is 4.88. The third kappa shape index (κ3) is 3.62. The number of fused-ring (bicyclic) bond motifs is 1. The highest BCUT2D eigenvalue weighted by Gasteiger charge is 2.13. The Morgan fingerprint density at radius 3 is 2.75 bits per heavy atom. The van der Waals surface area contributed by atoms with Crippen molar-refractivity contribution in [1.82, 2.24) is 9.55 Å². The van der Waals surface area contributed by atoms with Crippen LogP contribution in [0, 0.1) is 0 Å². The molecule has 0 aliphatic heterocycles. The maximum Gasteiger partial charge on any atom is 0.228 e. The predicted octanol–water partition coefficient (Wildman–Crippen LogP) is 4.12. The van der Waals surface area contributed by atoms with E-state index in [0.29, 0.717) is 12.6 Å². The molecule has 0 saturated heterocycles. The minimum atomic E-state index is -1.02. The largest absolute Gasteiger partial charge is 0.480 e. The Bertz CT molecular complexity index is 593. The molecule has 0 N–H and O–H groups in total. The van der Waals surface area contributed by atoms with E-state index >= 15 is 0 Å². The first-order valence-electron chi connectivity index (χ1n) is 6.67. The van der Waals surface area contributed by atoms with E-state index in [4.69, 9.17) is 9.47 Å². The zero-order chi connectivity index (χ0) is 14.8. The molecule has 2 rings (SSSR count). The van der Waals surface area contributed by atoms with Gasteiger partial charge in [-0.05, 0) is 28.0 Å². The topological polar surface area (TPSA) is 36.3 Å². The molecule has 0 fully saturated rings. The quantitative estimate of drug-likeness (QED) is 0.576. The summed E-state index contributed by atoms with van der Waals surface area (Å²) in [5.41, 5.74) is 1.05. The van der Waals surface area contributed by atoms with Crippen LogP contribution in [0.4, 0.5) is 0 Å². The lowest BCUT2D eigenvalue weighted by Gasteiger charge is -2.15. The zero-order valence-corrected chi connectivity index (χ0v) is 15.0. The van der Waals surface area contributed by atoms with Crippen LogP contribution >= 0.6 is 15.9 Å². The van der Waals surface area contributed by atoms with Gasteiger partial charge in [0.15, 0.2) is 0 Å². The molecule has 0 aromatic carbocycles. The number of aromatic nitrogens is 2. The van der Waals surface area contributed by atoms with Crippen LogP contribution < -0.4 is 4.74 Å². The summed E-state index contributed by atoms with van der Waals surface area (Å²) in [7, 11) is 0.596. The molecule has 0 aliphatic carbocycles. The maximum atomic E-state index is 5.78. The normalized spacial score (nSPS) is 12.1. The molecule has 0 bridgehead atoms. The number of pyridine rings is 1. The number of hydrogen-bond acceptors (Lipinski definition) is 3. The van der Waals surface area contributed by atoms with Crippen molar-refractivity contribution in [3.63, 3.8) is 0 Å². The van der Waals surface area contributed by atoms with Gasteiger partial charge in [-0.25, -0.2) is 4.98 Å². The highest BCUT2D eigenvalue weighted by molar-refractivity contribution is 9.10. The van der Waals surface area contributed by atoms with Crippen molar-refractivity contribution in [2.24, 2.45) is 0 Å². The molecule has 2 aromatic rings. The molecule has 0 saturated carbocycles. The van der Waals surface area contributed by atoms with Crippen LogP contribution in [0.2, 0.25) is 25.7 Å². The Labute approximate surface area is 129 Å². The van der Waals surface area contributed by atoms with Gasteiger partial charge in [-0.1, -0.05) is 19.6 Å². The van der Waals surface area contributed by atoms with Crippen LogP contribution in [0.25, 0.3) is 10.9 Å². The predicted molar refractivity (Wildman–Crippen MR) is 88.1 cm³/mol. The van der Waals surface area contributed by atoms with Gasteiger partial charge in [-0.2, -0.15) is 0 Å². The molecule has 0 unspecified atom stereocenters. The first-order valence-corrected chi connectivity index (χ1v) is 11.2. The van der Waals surface area contributed by atoms with Crippen molar-refractivity contribution in [3.05, 3.63) is 22.9 Å². The monoisotopic (exact) mass is 356 g/mol. The molecule has 20 heavy (non-hydrogen) atoms. The SMILES string of the molecule is COc1ncc2c(ccn2COCC[Si](C)(C)C)c1Br. The second-order valence-corrected chi connectivity index (χ2v) is 12.4. The van der Waals surface area contributed by atoms with Crippen LogP contribution in [-0.2, 0) is 11.5 Å². The van der Waals surface area contributed by atoms with Gasteiger partial charge in [0.1, 0.15) is 6.73 Å². The third-order valence-electron chi connectivity index (χ3n) is 3.15. The number of methoxy groups -OCH3 is 1. The molecular formula is C14H21BrN2O2Si. The zero-order valence-electron chi connectivity index (χ0n) is 12.4. The lowest BCUT2D eigenvalue weighted by atomic mass is 10.3. The lowest BCUT2D eigenvalue weighted by Crippen LogP contribution is -2.21. The maximum absolute atomic E-state index is 5.78. The molecule has 4 nitrogen and oxygen atoms in total. The van der Waals surface area contributed by atoms with Gasteiger partial charge in [0, 0.05) is 26.3 Å². The molecular weight excluding hydrogens is 336 g/mol. The van der Waals surface area contributed by atoms with E-state index in [2.05, 4.69) is 45.1 Å².